The summed E-state index contributed by atoms with van der Waals surface area (Å²) < 4.78 is 0. The molecule has 0 radical (unpaired) electrons. The monoisotopic (exact) mass is 412 g/mol. The highest BCUT2D eigenvalue weighted by Gasteiger charge is 2.26. The van der Waals surface area contributed by atoms with Crippen LogP contribution in [-0.2, 0) is 24.2 Å². The van der Waals surface area contributed by atoms with Gasteiger partial charge in [-0.05, 0) is 37.0 Å². The lowest BCUT2D eigenvalue weighted by molar-refractivity contribution is -0.885. The third-order valence-corrected chi connectivity index (χ3v) is 6.32. The summed E-state index contributed by atoms with van der Waals surface area (Å²) in [6, 6.07) is 5.45. The quantitative estimate of drug-likeness (QED) is 0.680. The van der Waals surface area contributed by atoms with E-state index in [2.05, 4.69) is 5.32 Å². The largest absolute Gasteiger partial charge is 0.365 e. The molecule has 0 spiro atoms. The molecule has 2 aromatic rings. The normalized spacial score (nSPS) is 14.1. The van der Waals surface area contributed by atoms with Crippen molar-refractivity contribution in [2.24, 2.45) is 5.73 Å². The number of primary amides is 1. The second kappa shape index (κ2) is 7.96. The van der Waals surface area contributed by atoms with Crippen molar-refractivity contribution in [2.45, 2.75) is 25.8 Å². The zero-order valence-electron chi connectivity index (χ0n) is 14.3. The molecule has 0 bridgehead atoms. The first-order valence-corrected chi connectivity index (χ1v) is 9.91. The fourth-order valence-electron chi connectivity index (χ4n) is 3.26. The number of nitrogens with one attached hydrogen (secondary N) is 2. The van der Waals surface area contributed by atoms with Gasteiger partial charge in [0.25, 0.3) is 11.8 Å². The number of likely N-dealkylation sites (N-methyl/N-ethyl adjacent to an activating group) is 1. The van der Waals surface area contributed by atoms with E-state index < -0.39 is 5.91 Å². The van der Waals surface area contributed by atoms with E-state index >= 15 is 0 Å². The van der Waals surface area contributed by atoms with Crippen molar-refractivity contribution >= 4 is 51.4 Å². The maximum absolute atomic E-state index is 12.4. The molecule has 3 rings (SSSR count). The molecular formula is C18H20Cl2N3O2S+. The van der Waals surface area contributed by atoms with Crippen molar-refractivity contribution in [1.82, 2.24) is 0 Å². The lowest BCUT2D eigenvalue weighted by Gasteiger charge is -2.14. The van der Waals surface area contributed by atoms with Crippen molar-refractivity contribution in [3.8, 4) is 0 Å². The van der Waals surface area contributed by atoms with E-state index in [1.54, 1.807) is 12.1 Å². The number of fused-ring (bicyclic) bond motifs is 1. The second-order valence-corrected chi connectivity index (χ2v) is 8.45. The fourth-order valence-corrected chi connectivity index (χ4v) is 4.89. The highest BCUT2D eigenvalue weighted by Crippen LogP contribution is 2.38. The summed E-state index contributed by atoms with van der Waals surface area (Å²) in [5, 5.41) is 4.46. The molecule has 0 fully saturated rings. The van der Waals surface area contributed by atoms with Crippen LogP contribution in [-0.4, -0.2) is 25.4 Å². The number of carbonyl (C=O) groups is 2. The Kier molecular flexibility index (Phi) is 5.87. The molecule has 1 atom stereocenters. The van der Waals surface area contributed by atoms with Gasteiger partial charge in [-0.25, -0.2) is 0 Å². The van der Waals surface area contributed by atoms with E-state index in [9.17, 15) is 9.59 Å². The Morgan fingerprint density at radius 3 is 2.73 bits per heavy atom. The molecule has 138 valence electrons. The highest BCUT2D eigenvalue weighted by atomic mass is 35.5. The molecular weight excluding hydrogens is 393 g/mol. The number of hydrogen-bond donors (Lipinski definition) is 3. The molecule has 5 nitrogen and oxygen atoms in total. The van der Waals surface area contributed by atoms with Gasteiger partial charge in [0.15, 0.2) is 6.54 Å². The molecule has 8 heteroatoms. The summed E-state index contributed by atoms with van der Waals surface area (Å²) in [6.07, 6.45) is 2.83. The smallest absolute Gasteiger partial charge is 0.280 e. The maximum atomic E-state index is 12.4. The molecule has 1 heterocycles. The number of hydrogen-bond acceptors (Lipinski definition) is 3. The third-order valence-electron chi connectivity index (χ3n) is 4.37. The zero-order valence-corrected chi connectivity index (χ0v) is 16.7. The van der Waals surface area contributed by atoms with Gasteiger partial charge in [0.05, 0.1) is 22.7 Å². The Bertz CT molecular complexity index is 866. The van der Waals surface area contributed by atoms with Crippen LogP contribution in [0.3, 0.4) is 0 Å². The third kappa shape index (κ3) is 4.20. The maximum Gasteiger partial charge on any atom is 0.280 e. The Hall–Kier alpha value is -1.60. The lowest BCUT2D eigenvalue weighted by atomic mass is 10.1. The summed E-state index contributed by atoms with van der Waals surface area (Å²) >= 11 is 13.4. The van der Waals surface area contributed by atoms with Crippen molar-refractivity contribution in [2.75, 3.05) is 18.9 Å². The summed E-state index contributed by atoms with van der Waals surface area (Å²) in [5.41, 5.74) is 8.02. The standard InChI is InChI=1S/C18H19Cl2N3O2S/c1-23(8-10-5-6-12(19)13(20)7-10)9-15(24)22-18-16(17(21)25)11-3-2-4-14(11)26-18/h5-7H,2-4,8-9H2,1H3,(H2,21,25)(H,22,24)/p+1. The number of nitrogens with two attached hydrogens (primary N) is 1. The number of aryl methyl sites for hydroxylation is 1. The van der Waals surface area contributed by atoms with Gasteiger partial charge in [-0.3, -0.25) is 9.59 Å². The lowest BCUT2D eigenvalue weighted by Crippen LogP contribution is -3.08. The number of anilines is 1. The van der Waals surface area contributed by atoms with Crippen LogP contribution in [0.25, 0.3) is 0 Å². The van der Waals surface area contributed by atoms with Gasteiger partial charge >= 0.3 is 0 Å². The van der Waals surface area contributed by atoms with Gasteiger partial charge in [0.1, 0.15) is 11.5 Å². The van der Waals surface area contributed by atoms with Gasteiger partial charge in [0.2, 0.25) is 0 Å². The molecule has 4 N–H and O–H groups in total. The molecule has 1 aromatic carbocycles. The van der Waals surface area contributed by atoms with Crippen molar-refractivity contribution in [1.29, 1.82) is 0 Å². The first-order valence-electron chi connectivity index (χ1n) is 8.34. The number of halogens is 2. The number of benzene rings is 1. The molecule has 0 aliphatic heterocycles. The predicted molar refractivity (Wildman–Crippen MR) is 105 cm³/mol. The van der Waals surface area contributed by atoms with Gasteiger partial charge in [-0.15, -0.1) is 11.3 Å². The summed E-state index contributed by atoms with van der Waals surface area (Å²) in [7, 11) is 1.92. The molecule has 1 aromatic heterocycles. The van der Waals surface area contributed by atoms with Crippen LogP contribution in [0.1, 0.15) is 32.8 Å². The Balaban J connectivity index is 1.64. The van der Waals surface area contributed by atoms with E-state index in [1.807, 2.05) is 13.1 Å². The minimum Gasteiger partial charge on any atom is -0.365 e. The molecule has 1 aliphatic carbocycles. The summed E-state index contributed by atoms with van der Waals surface area (Å²) in [5.74, 6) is -0.624. The predicted octanol–water partition coefficient (Wildman–Crippen LogP) is 2.30. The van der Waals surface area contributed by atoms with Crippen molar-refractivity contribution in [3.63, 3.8) is 0 Å². The van der Waals surface area contributed by atoms with Crippen LogP contribution < -0.4 is 16.0 Å². The van der Waals surface area contributed by atoms with Gasteiger partial charge < -0.3 is 16.0 Å². The number of amides is 2. The van der Waals surface area contributed by atoms with Gasteiger partial charge in [-0.2, -0.15) is 0 Å². The molecule has 1 aliphatic rings. The van der Waals surface area contributed by atoms with E-state index in [0.29, 0.717) is 27.2 Å². The summed E-state index contributed by atoms with van der Waals surface area (Å²) in [6.45, 7) is 0.898. The molecule has 2 amide bonds. The number of carbonyl (C=O) groups excluding carboxylic acids is 2. The Morgan fingerprint density at radius 1 is 1.27 bits per heavy atom. The average molecular weight is 413 g/mol. The molecule has 26 heavy (non-hydrogen) atoms. The van der Waals surface area contributed by atoms with Crippen molar-refractivity contribution < 1.29 is 14.5 Å². The van der Waals surface area contributed by atoms with Gasteiger partial charge in [-0.1, -0.05) is 29.3 Å². The van der Waals surface area contributed by atoms with Gasteiger partial charge in [0, 0.05) is 10.4 Å². The zero-order chi connectivity index (χ0) is 18.8. The highest BCUT2D eigenvalue weighted by molar-refractivity contribution is 7.17. The van der Waals surface area contributed by atoms with E-state index in [0.717, 1.165) is 40.2 Å². The van der Waals surface area contributed by atoms with Crippen LogP contribution in [0.2, 0.25) is 10.0 Å². The van der Waals surface area contributed by atoms with Crippen LogP contribution in [0.15, 0.2) is 18.2 Å². The van der Waals surface area contributed by atoms with E-state index in [1.165, 1.54) is 11.3 Å². The first-order chi connectivity index (χ1) is 12.3. The van der Waals surface area contributed by atoms with Crippen LogP contribution >= 0.6 is 34.5 Å². The molecule has 1 unspecified atom stereocenters. The number of rotatable bonds is 6. The first kappa shape index (κ1) is 19.2. The SMILES string of the molecule is C[NH+](CC(=O)Nc1sc2c(c1C(N)=O)CCC2)Cc1ccc(Cl)c(Cl)c1. The minimum absolute atomic E-state index is 0.148. The van der Waals surface area contributed by atoms with Crippen molar-refractivity contribution in [3.05, 3.63) is 49.8 Å². The van der Waals surface area contributed by atoms with Crippen LogP contribution in [0.4, 0.5) is 5.00 Å². The number of thiophene rings is 1. The fraction of sp³-hybridized carbons (Fsp3) is 0.333. The van der Waals surface area contributed by atoms with E-state index in [-0.39, 0.29) is 12.5 Å². The minimum atomic E-state index is -0.476. The molecule has 0 saturated heterocycles. The second-order valence-electron chi connectivity index (χ2n) is 6.53. The average Bonchev–Trinajstić information content (AvgIpc) is 3.10. The Labute approximate surface area is 166 Å². The molecule has 0 saturated carbocycles. The summed E-state index contributed by atoms with van der Waals surface area (Å²) in [4.78, 5) is 26.4. The topological polar surface area (TPSA) is 76.6 Å². The van der Waals surface area contributed by atoms with E-state index in [4.69, 9.17) is 28.9 Å². The Morgan fingerprint density at radius 2 is 2.04 bits per heavy atom. The number of quaternary nitrogens is 1. The van der Waals surface area contributed by atoms with Crippen LogP contribution in [0, 0.1) is 0 Å². The van der Waals surface area contributed by atoms with Crippen LogP contribution in [0.5, 0.6) is 0 Å².